The van der Waals surface area contributed by atoms with Crippen LogP contribution in [0.25, 0.3) is 11.1 Å². The van der Waals surface area contributed by atoms with E-state index in [1.165, 1.54) is 35.1 Å². The molecule has 3 nitrogen and oxygen atoms in total. The van der Waals surface area contributed by atoms with E-state index < -0.39 is 0 Å². The zero-order valence-electron chi connectivity index (χ0n) is 14.5. The standard InChI is InChI=1S/C21H28N2O/c1-17-7-2-3-10-21(17)19-9-6-8-18(13-19)14-22-15-20(24)16-23-11-4-5-12-23/h2-3,6-10,13,20,22,24H,4-5,11-12,14-16H2,1H3. The van der Waals surface area contributed by atoms with Crippen LogP contribution in [0.1, 0.15) is 24.0 Å². The van der Waals surface area contributed by atoms with Crippen molar-refractivity contribution in [1.82, 2.24) is 10.2 Å². The molecular weight excluding hydrogens is 296 g/mol. The lowest BCUT2D eigenvalue weighted by Gasteiger charge is -2.19. The molecule has 1 fully saturated rings. The van der Waals surface area contributed by atoms with Gasteiger partial charge >= 0.3 is 0 Å². The molecule has 3 heteroatoms. The van der Waals surface area contributed by atoms with Gasteiger partial charge in [-0.05, 0) is 61.2 Å². The summed E-state index contributed by atoms with van der Waals surface area (Å²) in [5.74, 6) is 0. The predicted molar refractivity (Wildman–Crippen MR) is 100 cm³/mol. The largest absolute Gasteiger partial charge is 0.390 e. The second-order valence-corrected chi connectivity index (χ2v) is 6.81. The minimum absolute atomic E-state index is 0.289. The summed E-state index contributed by atoms with van der Waals surface area (Å²) >= 11 is 0. The molecule has 1 unspecified atom stereocenters. The molecule has 0 spiro atoms. The van der Waals surface area contributed by atoms with Crippen LogP contribution in [0.4, 0.5) is 0 Å². The smallest absolute Gasteiger partial charge is 0.0791 e. The summed E-state index contributed by atoms with van der Waals surface area (Å²) in [7, 11) is 0. The lowest BCUT2D eigenvalue weighted by molar-refractivity contribution is 0.123. The van der Waals surface area contributed by atoms with E-state index >= 15 is 0 Å². The van der Waals surface area contributed by atoms with Crippen molar-refractivity contribution in [1.29, 1.82) is 0 Å². The maximum atomic E-state index is 10.2. The molecule has 0 aliphatic carbocycles. The second-order valence-electron chi connectivity index (χ2n) is 6.81. The summed E-state index contributed by atoms with van der Waals surface area (Å²) in [6.07, 6.45) is 2.25. The zero-order chi connectivity index (χ0) is 16.8. The van der Waals surface area contributed by atoms with Crippen LogP contribution in [0, 0.1) is 6.92 Å². The lowest BCUT2D eigenvalue weighted by atomic mass is 9.99. The molecule has 3 rings (SSSR count). The molecule has 1 atom stereocenters. The van der Waals surface area contributed by atoms with Crippen molar-refractivity contribution < 1.29 is 5.11 Å². The number of benzene rings is 2. The molecule has 24 heavy (non-hydrogen) atoms. The normalized spacial score (nSPS) is 16.4. The molecule has 1 aliphatic heterocycles. The number of β-amino-alcohol motifs (C(OH)–C–C–N with tert-alkyl or cyclic N) is 1. The summed E-state index contributed by atoms with van der Waals surface area (Å²) < 4.78 is 0. The number of aliphatic hydroxyl groups excluding tert-OH is 1. The molecule has 0 aromatic heterocycles. The van der Waals surface area contributed by atoms with E-state index in [9.17, 15) is 5.11 Å². The molecule has 1 aliphatic rings. The van der Waals surface area contributed by atoms with Crippen LogP contribution in [0.3, 0.4) is 0 Å². The van der Waals surface area contributed by atoms with Crippen LogP contribution in [0.2, 0.25) is 0 Å². The minimum Gasteiger partial charge on any atom is -0.390 e. The molecule has 2 aromatic carbocycles. The van der Waals surface area contributed by atoms with Gasteiger partial charge in [-0.2, -0.15) is 0 Å². The topological polar surface area (TPSA) is 35.5 Å². The Labute approximate surface area is 145 Å². The Kier molecular flexibility index (Phi) is 6.02. The van der Waals surface area contributed by atoms with Crippen molar-refractivity contribution in [2.45, 2.75) is 32.4 Å². The van der Waals surface area contributed by atoms with E-state index in [0.717, 1.165) is 26.2 Å². The Hall–Kier alpha value is -1.68. The summed E-state index contributed by atoms with van der Waals surface area (Å²) in [4.78, 5) is 2.35. The van der Waals surface area contributed by atoms with Crippen LogP contribution < -0.4 is 5.32 Å². The molecular formula is C21H28N2O. The lowest BCUT2D eigenvalue weighted by Crippen LogP contribution is -2.36. The quantitative estimate of drug-likeness (QED) is 0.821. The highest BCUT2D eigenvalue weighted by molar-refractivity contribution is 5.67. The predicted octanol–water partition coefficient (Wildman–Crippen LogP) is 3.21. The first-order valence-corrected chi connectivity index (χ1v) is 8.98. The first kappa shape index (κ1) is 17.2. The summed E-state index contributed by atoms with van der Waals surface area (Å²) in [5, 5.41) is 13.5. The molecule has 0 bridgehead atoms. The van der Waals surface area contributed by atoms with Crippen molar-refractivity contribution in [3.8, 4) is 11.1 Å². The molecule has 1 heterocycles. The average molecular weight is 324 g/mol. The SMILES string of the molecule is Cc1ccccc1-c1cccc(CNCC(O)CN2CCCC2)c1. The van der Waals surface area contributed by atoms with Crippen molar-refractivity contribution in [2.24, 2.45) is 0 Å². The Balaban J connectivity index is 1.52. The summed E-state index contributed by atoms with van der Waals surface area (Å²) in [6, 6.07) is 17.1. The van der Waals surface area contributed by atoms with Gasteiger partial charge < -0.3 is 15.3 Å². The number of likely N-dealkylation sites (tertiary alicyclic amines) is 1. The number of aryl methyl sites for hydroxylation is 1. The van der Waals surface area contributed by atoms with Crippen molar-refractivity contribution in [2.75, 3.05) is 26.2 Å². The minimum atomic E-state index is -0.289. The number of nitrogens with one attached hydrogen (secondary N) is 1. The summed E-state index contributed by atoms with van der Waals surface area (Å²) in [6.45, 7) is 6.64. The first-order chi connectivity index (χ1) is 11.7. The van der Waals surface area contributed by atoms with Crippen LogP contribution in [-0.2, 0) is 6.54 Å². The highest BCUT2D eigenvalue weighted by Gasteiger charge is 2.15. The second kappa shape index (κ2) is 8.43. The van der Waals surface area contributed by atoms with Crippen LogP contribution in [0.15, 0.2) is 48.5 Å². The van der Waals surface area contributed by atoms with Gasteiger partial charge in [-0.15, -0.1) is 0 Å². The van der Waals surface area contributed by atoms with E-state index in [-0.39, 0.29) is 6.10 Å². The zero-order valence-corrected chi connectivity index (χ0v) is 14.5. The highest BCUT2D eigenvalue weighted by Crippen LogP contribution is 2.23. The fourth-order valence-corrected chi connectivity index (χ4v) is 3.46. The van der Waals surface area contributed by atoms with E-state index in [0.29, 0.717) is 6.54 Å². The fourth-order valence-electron chi connectivity index (χ4n) is 3.46. The van der Waals surface area contributed by atoms with Gasteiger partial charge in [0.05, 0.1) is 6.10 Å². The van der Waals surface area contributed by atoms with E-state index in [2.05, 4.69) is 65.7 Å². The Bertz CT molecular complexity index is 650. The van der Waals surface area contributed by atoms with Gasteiger partial charge in [0, 0.05) is 19.6 Å². The average Bonchev–Trinajstić information content (AvgIpc) is 3.08. The molecule has 0 radical (unpaired) electrons. The van der Waals surface area contributed by atoms with E-state index in [4.69, 9.17) is 0 Å². The first-order valence-electron chi connectivity index (χ1n) is 8.98. The molecule has 2 aromatic rings. The van der Waals surface area contributed by atoms with Gasteiger partial charge in [0.2, 0.25) is 0 Å². The Morgan fingerprint density at radius 3 is 2.67 bits per heavy atom. The van der Waals surface area contributed by atoms with Crippen molar-refractivity contribution >= 4 is 0 Å². The van der Waals surface area contributed by atoms with Gasteiger partial charge in [0.15, 0.2) is 0 Å². The molecule has 0 amide bonds. The third kappa shape index (κ3) is 4.67. The number of aliphatic hydroxyl groups is 1. The third-order valence-corrected chi connectivity index (χ3v) is 4.76. The fraction of sp³-hybridized carbons (Fsp3) is 0.429. The van der Waals surface area contributed by atoms with Gasteiger partial charge in [-0.25, -0.2) is 0 Å². The maximum Gasteiger partial charge on any atom is 0.0791 e. The number of hydrogen-bond donors (Lipinski definition) is 2. The molecule has 128 valence electrons. The monoisotopic (exact) mass is 324 g/mol. The van der Waals surface area contributed by atoms with Gasteiger partial charge in [-0.1, -0.05) is 42.5 Å². The number of nitrogens with zero attached hydrogens (tertiary/aromatic N) is 1. The van der Waals surface area contributed by atoms with E-state index in [1.807, 2.05) is 0 Å². The number of rotatable bonds is 7. The maximum absolute atomic E-state index is 10.2. The van der Waals surface area contributed by atoms with Crippen LogP contribution in [0.5, 0.6) is 0 Å². The third-order valence-electron chi connectivity index (χ3n) is 4.76. The molecule has 1 saturated heterocycles. The molecule has 2 N–H and O–H groups in total. The van der Waals surface area contributed by atoms with E-state index in [1.54, 1.807) is 0 Å². The van der Waals surface area contributed by atoms with Crippen LogP contribution >= 0.6 is 0 Å². The Morgan fingerprint density at radius 2 is 1.88 bits per heavy atom. The summed E-state index contributed by atoms with van der Waals surface area (Å²) in [5.41, 5.74) is 5.09. The van der Waals surface area contributed by atoms with Gasteiger partial charge in [-0.3, -0.25) is 0 Å². The molecule has 0 saturated carbocycles. The Morgan fingerprint density at radius 1 is 1.08 bits per heavy atom. The van der Waals surface area contributed by atoms with Crippen LogP contribution in [-0.4, -0.2) is 42.3 Å². The van der Waals surface area contributed by atoms with Gasteiger partial charge in [0.1, 0.15) is 0 Å². The highest BCUT2D eigenvalue weighted by atomic mass is 16.3. The number of hydrogen-bond acceptors (Lipinski definition) is 3. The van der Waals surface area contributed by atoms with Crippen molar-refractivity contribution in [3.05, 3.63) is 59.7 Å². The van der Waals surface area contributed by atoms with Crippen molar-refractivity contribution in [3.63, 3.8) is 0 Å². The van der Waals surface area contributed by atoms with Gasteiger partial charge in [0.25, 0.3) is 0 Å².